The van der Waals surface area contributed by atoms with E-state index in [1.807, 2.05) is 6.20 Å². The maximum Gasteiger partial charge on any atom is 0.191 e. The van der Waals surface area contributed by atoms with Gasteiger partial charge in [-0.2, -0.15) is 0 Å². The molecule has 0 saturated carbocycles. The summed E-state index contributed by atoms with van der Waals surface area (Å²) in [5.41, 5.74) is 2.51. The molecule has 112 valence electrons. The predicted octanol–water partition coefficient (Wildman–Crippen LogP) is 3.39. The molecule has 2 aromatic rings. The fourth-order valence-electron chi connectivity index (χ4n) is 1.90. The Balaban J connectivity index is 1.88. The molecule has 0 amide bonds. The first kappa shape index (κ1) is 16.0. The third-order valence-corrected chi connectivity index (χ3v) is 4.46. The molecule has 0 saturated heterocycles. The summed E-state index contributed by atoms with van der Waals surface area (Å²) >= 11 is 5.18. The lowest BCUT2D eigenvalue weighted by Gasteiger charge is -2.12. The Kier molecular flexibility index (Phi) is 5.76. The number of rotatable bonds is 4. The number of benzene rings is 1. The number of aliphatic imine (C=N–C) groups is 1. The third kappa shape index (κ3) is 4.82. The van der Waals surface area contributed by atoms with Gasteiger partial charge in [-0.1, -0.05) is 22.0 Å². The topological polar surface area (TPSA) is 49.3 Å². The van der Waals surface area contributed by atoms with Crippen LogP contribution in [0.1, 0.15) is 21.0 Å². The van der Waals surface area contributed by atoms with Crippen LogP contribution in [0.2, 0.25) is 0 Å². The quantitative estimate of drug-likeness (QED) is 0.643. The minimum absolute atomic E-state index is 0.692. The second-order valence-corrected chi connectivity index (χ2v) is 6.95. The predicted molar refractivity (Wildman–Crippen MR) is 92.8 cm³/mol. The molecule has 0 atom stereocenters. The van der Waals surface area contributed by atoms with Gasteiger partial charge in [0.1, 0.15) is 5.01 Å². The SMILES string of the molecule is CN=C(NCc1ncc(C)s1)NCc1ccc(Br)cc1C. The van der Waals surface area contributed by atoms with Crippen LogP contribution in [-0.4, -0.2) is 18.0 Å². The lowest BCUT2D eigenvalue weighted by Crippen LogP contribution is -2.36. The standard InChI is InChI=1S/C15H19BrN4S/c1-10-6-13(16)5-4-12(10)8-19-15(17-3)20-9-14-18-7-11(2)21-14/h4-7H,8-9H2,1-3H3,(H2,17,19,20). The molecular weight excluding hydrogens is 348 g/mol. The largest absolute Gasteiger partial charge is 0.352 e. The molecule has 0 spiro atoms. The number of aryl methyl sites for hydroxylation is 2. The minimum atomic E-state index is 0.692. The highest BCUT2D eigenvalue weighted by Gasteiger charge is 2.03. The molecular formula is C15H19BrN4S. The van der Waals surface area contributed by atoms with Gasteiger partial charge in [-0.3, -0.25) is 4.99 Å². The van der Waals surface area contributed by atoms with Gasteiger partial charge in [-0.25, -0.2) is 4.98 Å². The highest BCUT2D eigenvalue weighted by Crippen LogP contribution is 2.15. The van der Waals surface area contributed by atoms with Crippen LogP contribution < -0.4 is 10.6 Å². The van der Waals surface area contributed by atoms with Gasteiger partial charge in [-0.15, -0.1) is 11.3 Å². The summed E-state index contributed by atoms with van der Waals surface area (Å²) in [6.07, 6.45) is 1.89. The van der Waals surface area contributed by atoms with Gasteiger partial charge in [0, 0.05) is 29.1 Å². The van der Waals surface area contributed by atoms with Crippen molar-refractivity contribution in [3.63, 3.8) is 0 Å². The summed E-state index contributed by atoms with van der Waals surface area (Å²) in [4.78, 5) is 9.79. The van der Waals surface area contributed by atoms with E-state index < -0.39 is 0 Å². The Hall–Kier alpha value is -1.40. The normalized spacial score (nSPS) is 11.5. The van der Waals surface area contributed by atoms with Crippen molar-refractivity contribution in [2.45, 2.75) is 26.9 Å². The van der Waals surface area contributed by atoms with E-state index in [0.29, 0.717) is 6.54 Å². The van der Waals surface area contributed by atoms with E-state index in [4.69, 9.17) is 0 Å². The smallest absolute Gasteiger partial charge is 0.191 e. The van der Waals surface area contributed by atoms with Crippen LogP contribution in [0.3, 0.4) is 0 Å². The number of aromatic nitrogens is 1. The Labute approximate surface area is 137 Å². The first-order valence-electron chi connectivity index (χ1n) is 6.69. The molecule has 2 rings (SSSR count). The Bertz CT molecular complexity index is 636. The molecule has 1 heterocycles. The number of guanidine groups is 1. The summed E-state index contributed by atoms with van der Waals surface area (Å²) in [5, 5.41) is 7.67. The number of hydrogen-bond acceptors (Lipinski definition) is 3. The fourth-order valence-corrected chi connectivity index (χ4v) is 3.10. The summed E-state index contributed by atoms with van der Waals surface area (Å²) in [7, 11) is 1.77. The molecule has 1 aromatic heterocycles. The Morgan fingerprint density at radius 2 is 2.05 bits per heavy atom. The van der Waals surface area contributed by atoms with Crippen LogP contribution in [0.4, 0.5) is 0 Å². The molecule has 6 heteroatoms. The lowest BCUT2D eigenvalue weighted by molar-refractivity contribution is 0.802. The van der Waals surface area contributed by atoms with Gasteiger partial charge in [0.15, 0.2) is 5.96 Å². The number of halogens is 1. The van der Waals surface area contributed by atoms with Gasteiger partial charge >= 0.3 is 0 Å². The zero-order valence-electron chi connectivity index (χ0n) is 12.4. The molecule has 2 N–H and O–H groups in total. The molecule has 4 nitrogen and oxygen atoms in total. The van der Waals surface area contributed by atoms with Crippen LogP contribution in [-0.2, 0) is 13.1 Å². The number of hydrogen-bond donors (Lipinski definition) is 2. The van der Waals surface area contributed by atoms with Crippen molar-refractivity contribution in [3.05, 3.63) is 49.9 Å². The van der Waals surface area contributed by atoms with Crippen molar-refractivity contribution >= 4 is 33.2 Å². The van der Waals surface area contributed by atoms with Gasteiger partial charge in [-0.05, 0) is 37.1 Å². The van der Waals surface area contributed by atoms with Crippen LogP contribution in [0.5, 0.6) is 0 Å². The Morgan fingerprint density at radius 1 is 1.29 bits per heavy atom. The number of thiazole rings is 1. The van der Waals surface area contributed by atoms with Crippen molar-refractivity contribution in [3.8, 4) is 0 Å². The first-order chi connectivity index (χ1) is 10.1. The van der Waals surface area contributed by atoms with E-state index >= 15 is 0 Å². The van der Waals surface area contributed by atoms with E-state index in [1.165, 1.54) is 16.0 Å². The maximum atomic E-state index is 4.33. The molecule has 0 aliphatic carbocycles. The average molecular weight is 367 g/mol. The van der Waals surface area contributed by atoms with E-state index in [-0.39, 0.29) is 0 Å². The summed E-state index contributed by atoms with van der Waals surface area (Å²) in [6, 6.07) is 6.29. The highest BCUT2D eigenvalue weighted by molar-refractivity contribution is 9.10. The van der Waals surface area contributed by atoms with Crippen LogP contribution in [0.25, 0.3) is 0 Å². The monoisotopic (exact) mass is 366 g/mol. The summed E-state index contributed by atoms with van der Waals surface area (Å²) in [5.74, 6) is 0.783. The van der Waals surface area contributed by atoms with Crippen molar-refractivity contribution in [2.24, 2.45) is 4.99 Å². The molecule has 0 unspecified atom stereocenters. The second kappa shape index (κ2) is 7.56. The number of nitrogens with one attached hydrogen (secondary N) is 2. The zero-order chi connectivity index (χ0) is 15.2. The lowest BCUT2D eigenvalue weighted by atomic mass is 10.1. The zero-order valence-corrected chi connectivity index (χ0v) is 14.8. The van der Waals surface area contributed by atoms with Gasteiger partial charge in [0.2, 0.25) is 0 Å². The molecule has 0 bridgehead atoms. The molecule has 21 heavy (non-hydrogen) atoms. The van der Waals surface area contributed by atoms with Crippen molar-refractivity contribution in [1.82, 2.24) is 15.6 Å². The average Bonchev–Trinajstić information content (AvgIpc) is 2.86. The van der Waals surface area contributed by atoms with E-state index in [0.717, 1.165) is 22.0 Å². The number of nitrogens with zero attached hydrogens (tertiary/aromatic N) is 2. The van der Waals surface area contributed by atoms with Crippen LogP contribution in [0, 0.1) is 13.8 Å². The van der Waals surface area contributed by atoms with Crippen LogP contribution >= 0.6 is 27.3 Å². The van der Waals surface area contributed by atoms with E-state index in [1.54, 1.807) is 18.4 Å². The molecule has 0 aliphatic rings. The van der Waals surface area contributed by atoms with Gasteiger partial charge < -0.3 is 10.6 Å². The highest BCUT2D eigenvalue weighted by atomic mass is 79.9. The van der Waals surface area contributed by atoms with Crippen molar-refractivity contribution in [2.75, 3.05) is 7.05 Å². The summed E-state index contributed by atoms with van der Waals surface area (Å²) < 4.78 is 1.10. The van der Waals surface area contributed by atoms with E-state index in [9.17, 15) is 0 Å². The minimum Gasteiger partial charge on any atom is -0.352 e. The second-order valence-electron chi connectivity index (χ2n) is 4.71. The summed E-state index contributed by atoms with van der Waals surface area (Å²) in [6.45, 7) is 5.61. The van der Waals surface area contributed by atoms with E-state index in [2.05, 4.69) is 68.6 Å². The molecule has 0 fully saturated rings. The van der Waals surface area contributed by atoms with Gasteiger partial charge in [0.25, 0.3) is 0 Å². The molecule has 1 aromatic carbocycles. The van der Waals surface area contributed by atoms with Crippen LogP contribution in [0.15, 0.2) is 33.9 Å². The molecule has 0 radical (unpaired) electrons. The third-order valence-electron chi connectivity index (χ3n) is 3.05. The van der Waals surface area contributed by atoms with Crippen molar-refractivity contribution in [1.29, 1.82) is 0 Å². The molecule has 0 aliphatic heterocycles. The maximum absolute atomic E-state index is 4.33. The first-order valence-corrected chi connectivity index (χ1v) is 8.30. The van der Waals surface area contributed by atoms with Gasteiger partial charge in [0.05, 0.1) is 6.54 Å². The Morgan fingerprint density at radius 3 is 2.67 bits per heavy atom. The fraction of sp³-hybridized carbons (Fsp3) is 0.333. The van der Waals surface area contributed by atoms with Crippen molar-refractivity contribution < 1.29 is 0 Å².